The number of rotatable bonds is 9. The predicted molar refractivity (Wildman–Crippen MR) is 80.2 cm³/mol. The van der Waals surface area contributed by atoms with E-state index in [1.54, 1.807) is 25.3 Å². The van der Waals surface area contributed by atoms with Gasteiger partial charge >= 0.3 is 0 Å². The average molecular weight is 325 g/mol. The summed E-state index contributed by atoms with van der Waals surface area (Å²) in [5, 5.41) is 3.06. The molecule has 0 atom stereocenters. The highest BCUT2D eigenvalue weighted by Gasteiger charge is 2.17. The molecule has 1 aromatic rings. The van der Waals surface area contributed by atoms with Gasteiger partial charge < -0.3 is 14.8 Å². The lowest BCUT2D eigenvalue weighted by atomic mass is 10.3. The Hall–Kier alpha value is -0.860. The number of hydrogen-bond donors (Lipinski definition) is 2. The predicted octanol–water partition coefficient (Wildman–Crippen LogP) is 0.631. The van der Waals surface area contributed by atoms with Crippen LogP contribution in [-0.4, -0.2) is 48.9 Å². The highest BCUT2D eigenvalue weighted by atomic mass is 35.5. The molecule has 0 bridgehead atoms. The van der Waals surface area contributed by atoms with Crippen LogP contribution in [0.25, 0.3) is 0 Å². The third kappa shape index (κ3) is 6.06. The van der Waals surface area contributed by atoms with Crippen molar-refractivity contribution in [1.82, 2.24) is 10.0 Å². The van der Waals surface area contributed by atoms with Gasteiger partial charge in [-0.2, -0.15) is 0 Å². The Labute approximate surface area is 126 Å². The minimum absolute atomic E-state index is 0. The standard InChI is InChI=1S/C12H20N2O4S.ClH/c1-17-10-9-13-7-8-14-19(15,16)12-6-4-3-5-11(12)18-2;/h3-6,13-14H,7-10H2,1-2H3;1H. The van der Waals surface area contributed by atoms with Crippen molar-refractivity contribution in [3.8, 4) is 5.75 Å². The SMILES string of the molecule is COCCNCCNS(=O)(=O)c1ccccc1OC.Cl. The number of methoxy groups -OCH3 is 2. The van der Waals surface area contributed by atoms with Crippen LogP contribution in [0.2, 0.25) is 0 Å². The van der Waals surface area contributed by atoms with Crippen molar-refractivity contribution in [2.75, 3.05) is 40.5 Å². The summed E-state index contributed by atoms with van der Waals surface area (Å²) in [5.41, 5.74) is 0. The summed E-state index contributed by atoms with van der Waals surface area (Å²) in [6, 6.07) is 6.52. The summed E-state index contributed by atoms with van der Waals surface area (Å²) in [6.07, 6.45) is 0. The zero-order valence-corrected chi connectivity index (χ0v) is 13.2. The summed E-state index contributed by atoms with van der Waals surface area (Å²) in [5.74, 6) is 0.336. The van der Waals surface area contributed by atoms with E-state index in [-0.39, 0.29) is 17.3 Å². The minimum atomic E-state index is -3.54. The van der Waals surface area contributed by atoms with E-state index in [2.05, 4.69) is 10.0 Å². The Bertz CT molecular complexity index is 482. The van der Waals surface area contributed by atoms with Crippen LogP contribution in [0.1, 0.15) is 0 Å². The Balaban J connectivity index is 0.00000361. The first-order valence-electron chi connectivity index (χ1n) is 5.94. The van der Waals surface area contributed by atoms with Crippen molar-refractivity contribution in [2.24, 2.45) is 0 Å². The van der Waals surface area contributed by atoms with E-state index < -0.39 is 10.0 Å². The van der Waals surface area contributed by atoms with Crippen LogP contribution in [0.3, 0.4) is 0 Å². The van der Waals surface area contributed by atoms with Gasteiger partial charge in [0.1, 0.15) is 10.6 Å². The highest BCUT2D eigenvalue weighted by molar-refractivity contribution is 7.89. The molecule has 0 aliphatic carbocycles. The van der Waals surface area contributed by atoms with Crippen LogP contribution in [0, 0.1) is 0 Å². The third-order valence-electron chi connectivity index (χ3n) is 2.44. The molecule has 0 saturated heterocycles. The van der Waals surface area contributed by atoms with Crippen molar-refractivity contribution >= 4 is 22.4 Å². The lowest BCUT2D eigenvalue weighted by Gasteiger charge is -2.10. The summed E-state index contributed by atoms with van der Waals surface area (Å²) in [7, 11) is -0.480. The molecular formula is C12H21ClN2O4S. The number of nitrogens with one attached hydrogen (secondary N) is 2. The fourth-order valence-corrected chi connectivity index (χ4v) is 2.69. The molecule has 0 saturated carbocycles. The maximum absolute atomic E-state index is 12.1. The minimum Gasteiger partial charge on any atom is -0.495 e. The Kier molecular flexibility index (Phi) is 9.52. The molecule has 0 radical (unpaired) electrons. The zero-order chi connectivity index (χ0) is 14.1. The van der Waals surface area contributed by atoms with Gasteiger partial charge in [0.15, 0.2) is 0 Å². The van der Waals surface area contributed by atoms with Gasteiger partial charge in [0.25, 0.3) is 0 Å². The first-order chi connectivity index (χ1) is 9.11. The number of halogens is 1. The highest BCUT2D eigenvalue weighted by Crippen LogP contribution is 2.22. The second-order valence-corrected chi connectivity index (χ2v) is 5.53. The van der Waals surface area contributed by atoms with E-state index >= 15 is 0 Å². The van der Waals surface area contributed by atoms with Gasteiger partial charge in [0.2, 0.25) is 10.0 Å². The van der Waals surface area contributed by atoms with Crippen LogP contribution in [0.5, 0.6) is 5.75 Å². The van der Waals surface area contributed by atoms with Crippen molar-refractivity contribution in [3.63, 3.8) is 0 Å². The largest absolute Gasteiger partial charge is 0.495 e. The lowest BCUT2D eigenvalue weighted by molar-refractivity contribution is 0.199. The zero-order valence-electron chi connectivity index (χ0n) is 11.6. The van der Waals surface area contributed by atoms with Gasteiger partial charge in [-0.15, -0.1) is 12.4 Å². The van der Waals surface area contributed by atoms with E-state index in [1.165, 1.54) is 13.2 Å². The number of benzene rings is 1. The maximum Gasteiger partial charge on any atom is 0.244 e. The molecule has 1 aromatic carbocycles. The van der Waals surface area contributed by atoms with E-state index in [0.29, 0.717) is 32.0 Å². The second-order valence-electron chi connectivity index (χ2n) is 3.79. The van der Waals surface area contributed by atoms with Crippen molar-refractivity contribution in [2.45, 2.75) is 4.90 Å². The molecule has 0 aliphatic heterocycles. The molecule has 0 aliphatic rings. The first kappa shape index (κ1) is 19.1. The Morgan fingerprint density at radius 3 is 2.45 bits per heavy atom. The number of ether oxygens (including phenoxy) is 2. The van der Waals surface area contributed by atoms with Gasteiger partial charge in [0, 0.05) is 26.7 Å². The van der Waals surface area contributed by atoms with Crippen molar-refractivity contribution in [3.05, 3.63) is 24.3 Å². The second kappa shape index (κ2) is 9.95. The molecule has 1 rings (SSSR count). The normalized spacial score (nSPS) is 10.9. The first-order valence-corrected chi connectivity index (χ1v) is 7.42. The van der Waals surface area contributed by atoms with E-state index in [4.69, 9.17) is 9.47 Å². The fraction of sp³-hybridized carbons (Fsp3) is 0.500. The lowest BCUT2D eigenvalue weighted by Crippen LogP contribution is -2.33. The molecule has 8 heteroatoms. The molecule has 0 amide bonds. The summed E-state index contributed by atoms with van der Waals surface area (Å²) in [6.45, 7) is 2.13. The molecule has 20 heavy (non-hydrogen) atoms. The van der Waals surface area contributed by atoms with Crippen LogP contribution >= 0.6 is 12.4 Å². The van der Waals surface area contributed by atoms with E-state index in [1.807, 2.05) is 0 Å². The topological polar surface area (TPSA) is 76.7 Å². The molecule has 0 heterocycles. The van der Waals surface area contributed by atoms with Crippen LogP contribution < -0.4 is 14.8 Å². The molecule has 2 N–H and O–H groups in total. The molecule has 0 fully saturated rings. The molecule has 0 spiro atoms. The molecule has 0 unspecified atom stereocenters. The molecule has 6 nitrogen and oxygen atoms in total. The van der Waals surface area contributed by atoms with Gasteiger partial charge in [-0.05, 0) is 12.1 Å². The van der Waals surface area contributed by atoms with Gasteiger partial charge in [0.05, 0.1) is 13.7 Å². The third-order valence-corrected chi connectivity index (χ3v) is 3.94. The van der Waals surface area contributed by atoms with Crippen LogP contribution in [0.15, 0.2) is 29.2 Å². The van der Waals surface area contributed by atoms with Gasteiger partial charge in [-0.3, -0.25) is 0 Å². The fourth-order valence-electron chi connectivity index (χ4n) is 1.49. The smallest absolute Gasteiger partial charge is 0.244 e. The number of para-hydroxylation sites is 1. The van der Waals surface area contributed by atoms with Gasteiger partial charge in [-0.25, -0.2) is 13.1 Å². The monoisotopic (exact) mass is 324 g/mol. The quantitative estimate of drug-likeness (QED) is 0.652. The van der Waals surface area contributed by atoms with Gasteiger partial charge in [-0.1, -0.05) is 12.1 Å². The van der Waals surface area contributed by atoms with Crippen molar-refractivity contribution in [1.29, 1.82) is 0 Å². The Morgan fingerprint density at radius 2 is 1.80 bits per heavy atom. The van der Waals surface area contributed by atoms with Crippen molar-refractivity contribution < 1.29 is 17.9 Å². The van der Waals surface area contributed by atoms with E-state index in [0.717, 1.165) is 0 Å². The summed E-state index contributed by atoms with van der Waals surface area (Å²) in [4.78, 5) is 0.148. The van der Waals surface area contributed by atoms with Crippen LogP contribution in [0.4, 0.5) is 0 Å². The number of hydrogen-bond acceptors (Lipinski definition) is 5. The molecular weight excluding hydrogens is 304 g/mol. The summed E-state index contributed by atoms with van der Waals surface area (Å²) >= 11 is 0. The number of sulfonamides is 1. The molecule has 0 aromatic heterocycles. The van der Waals surface area contributed by atoms with E-state index in [9.17, 15) is 8.42 Å². The molecule has 116 valence electrons. The Morgan fingerprint density at radius 1 is 1.10 bits per heavy atom. The average Bonchev–Trinajstić information content (AvgIpc) is 2.42. The maximum atomic E-state index is 12.1. The summed E-state index contributed by atoms with van der Waals surface area (Å²) < 4.78 is 36.5. The van der Waals surface area contributed by atoms with Crippen LogP contribution in [-0.2, 0) is 14.8 Å².